The Morgan fingerprint density at radius 1 is 0.258 bits per heavy atom. The Hall–Kier alpha value is -8.98. The van der Waals surface area contributed by atoms with Gasteiger partial charge in [-0.1, -0.05) is 194 Å². The van der Waals surface area contributed by atoms with Gasteiger partial charge >= 0.3 is 0 Å². The summed E-state index contributed by atoms with van der Waals surface area (Å²) in [6, 6.07) is 67.5. The molecule has 0 bridgehead atoms. The molecule has 0 radical (unpaired) electrons. The van der Waals surface area contributed by atoms with Gasteiger partial charge in [0, 0.05) is 55.3 Å². The average Bonchev–Trinajstić information content (AvgIpc) is 3.36. The maximum atomic E-state index is 11.3. The number of hydrogen-bond acceptors (Lipinski definition) is 8. The minimum absolute atomic E-state index is 0.406. The van der Waals surface area contributed by atoms with E-state index in [1.165, 1.54) is 0 Å². The summed E-state index contributed by atoms with van der Waals surface area (Å²) in [6.45, 7) is 0. The largest absolute Gasteiger partial charge is 0.208 e. The second-order valence-electron chi connectivity index (χ2n) is 14.4. The minimum Gasteiger partial charge on any atom is -0.208 e. The van der Waals surface area contributed by atoms with E-state index in [2.05, 4.69) is 12.1 Å². The number of hydrogen-bond donors (Lipinski definition) is 0. The molecule has 0 spiro atoms. The lowest BCUT2D eigenvalue weighted by molar-refractivity contribution is 1.07. The average molecular weight is 793 g/mol. The van der Waals surface area contributed by atoms with Crippen LogP contribution in [0.25, 0.3) is 101 Å². The molecular formula is C54H32N8. The molecule has 0 amide bonds. The topological polar surface area (TPSA) is 125 Å². The molecule has 8 aromatic carbocycles. The summed E-state index contributed by atoms with van der Waals surface area (Å²) >= 11 is 0. The van der Waals surface area contributed by atoms with E-state index < -0.39 is 0 Å². The first-order valence-electron chi connectivity index (χ1n) is 20.0. The lowest BCUT2D eigenvalue weighted by atomic mass is 9.81. The molecule has 0 unspecified atom stereocenters. The highest BCUT2D eigenvalue weighted by Gasteiger charge is 2.27. The third-order valence-corrected chi connectivity index (χ3v) is 10.7. The van der Waals surface area contributed by atoms with E-state index in [4.69, 9.17) is 29.9 Å². The zero-order valence-electron chi connectivity index (χ0n) is 33.1. The molecule has 0 atom stereocenters. The molecule has 8 nitrogen and oxygen atoms in total. The standard InChI is InChI=1S/C54H32N8/c55-33-45-39-27-13-14-28-40(39)46(34-56)48(42-30-16-18-32-44(42)54-61-51(37-23-9-3-10-24-37)58-52(62-54)38-25-11-4-12-26-38)47(45)41-29-15-17-31-43(41)53-59-49(35-19-5-1-6-20-35)57-50(60-53)36-21-7-2-8-22-36/h1-32H. The van der Waals surface area contributed by atoms with Crippen molar-refractivity contribution in [3.05, 3.63) is 205 Å². The number of nitriles is 2. The van der Waals surface area contributed by atoms with Crippen LogP contribution in [0.3, 0.4) is 0 Å². The molecule has 2 heterocycles. The molecule has 8 heteroatoms. The summed E-state index contributed by atoms with van der Waals surface area (Å²) in [5.41, 5.74) is 7.94. The van der Waals surface area contributed by atoms with Crippen molar-refractivity contribution in [1.29, 1.82) is 10.5 Å². The van der Waals surface area contributed by atoms with E-state index in [9.17, 15) is 10.5 Å². The van der Waals surface area contributed by atoms with E-state index in [0.29, 0.717) is 90.2 Å². The predicted molar refractivity (Wildman–Crippen MR) is 244 cm³/mol. The van der Waals surface area contributed by atoms with Crippen molar-refractivity contribution in [3.63, 3.8) is 0 Å². The van der Waals surface area contributed by atoms with Gasteiger partial charge in [-0.25, -0.2) is 29.9 Å². The fourth-order valence-electron chi connectivity index (χ4n) is 7.86. The van der Waals surface area contributed by atoms with Gasteiger partial charge in [0.1, 0.15) is 12.1 Å². The molecule has 0 saturated heterocycles. The van der Waals surface area contributed by atoms with Crippen LogP contribution in [-0.4, -0.2) is 29.9 Å². The molecule has 0 aliphatic carbocycles. The lowest BCUT2D eigenvalue weighted by Crippen LogP contribution is -2.04. The van der Waals surface area contributed by atoms with Gasteiger partial charge in [0.25, 0.3) is 0 Å². The molecule has 288 valence electrons. The highest BCUT2D eigenvalue weighted by Crippen LogP contribution is 2.47. The van der Waals surface area contributed by atoms with Crippen molar-refractivity contribution < 1.29 is 0 Å². The zero-order valence-corrected chi connectivity index (χ0v) is 33.1. The van der Waals surface area contributed by atoms with Crippen molar-refractivity contribution in [2.24, 2.45) is 0 Å². The summed E-state index contributed by atoms with van der Waals surface area (Å²) in [4.78, 5) is 30.2. The second kappa shape index (κ2) is 16.3. The van der Waals surface area contributed by atoms with Gasteiger partial charge in [0.05, 0.1) is 11.1 Å². The van der Waals surface area contributed by atoms with Crippen LogP contribution in [0, 0.1) is 22.7 Å². The molecule has 10 aromatic rings. The second-order valence-corrected chi connectivity index (χ2v) is 14.4. The monoisotopic (exact) mass is 792 g/mol. The van der Waals surface area contributed by atoms with E-state index in [1.807, 2.05) is 194 Å². The third kappa shape index (κ3) is 6.90. The Balaban J connectivity index is 1.28. The maximum absolute atomic E-state index is 11.3. The summed E-state index contributed by atoms with van der Waals surface area (Å²) in [5.74, 6) is 2.85. The van der Waals surface area contributed by atoms with Crippen LogP contribution < -0.4 is 0 Å². The SMILES string of the molecule is N#Cc1c(-c2ccccc2-c2nc(-c3ccccc3)nc(-c3ccccc3)n2)c(-c2ccccc2-c2nc(-c3ccccc3)nc(-c3ccccc3)n2)c(C#N)c2ccccc12. The molecule has 0 aliphatic rings. The number of benzene rings is 8. The first kappa shape index (κ1) is 37.3. The van der Waals surface area contributed by atoms with Gasteiger partial charge in [0.15, 0.2) is 34.9 Å². The van der Waals surface area contributed by atoms with Crippen LogP contribution in [0.5, 0.6) is 0 Å². The first-order valence-corrected chi connectivity index (χ1v) is 20.0. The van der Waals surface area contributed by atoms with Gasteiger partial charge < -0.3 is 0 Å². The van der Waals surface area contributed by atoms with Crippen LogP contribution in [-0.2, 0) is 0 Å². The van der Waals surface area contributed by atoms with E-state index in [1.54, 1.807) is 0 Å². The van der Waals surface area contributed by atoms with Gasteiger partial charge in [-0.05, 0) is 11.1 Å². The number of fused-ring (bicyclic) bond motifs is 1. The highest BCUT2D eigenvalue weighted by atomic mass is 15.0. The number of aromatic nitrogens is 6. The Bertz CT molecular complexity index is 3020. The molecule has 0 saturated carbocycles. The van der Waals surface area contributed by atoms with Crippen LogP contribution in [0.4, 0.5) is 0 Å². The van der Waals surface area contributed by atoms with Gasteiger partial charge in [-0.2, -0.15) is 10.5 Å². The third-order valence-electron chi connectivity index (χ3n) is 10.7. The molecule has 0 aliphatic heterocycles. The normalized spacial score (nSPS) is 10.9. The smallest absolute Gasteiger partial charge is 0.164 e. The highest BCUT2D eigenvalue weighted by molar-refractivity contribution is 6.09. The van der Waals surface area contributed by atoms with Crippen molar-refractivity contribution in [3.8, 4) is 103 Å². The molecule has 0 fully saturated rings. The summed E-state index contributed by atoms with van der Waals surface area (Å²) in [6.07, 6.45) is 0. The molecule has 62 heavy (non-hydrogen) atoms. The Labute approximate surface area is 357 Å². The fourth-order valence-corrected chi connectivity index (χ4v) is 7.86. The number of rotatable bonds is 8. The van der Waals surface area contributed by atoms with Crippen LogP contribution in [0.1, 0.15) is 11.1 Å². The van der Waals surface area contributed by atoms with E-state index in [0.717, 1.165) is 22.3 Å². The molecule has 2 aromatic heterocycles. The van der Waals surface area contributed by atoms with Crippen molar-refractivity contribution in [2.75, 3.05) is 0 Å². The summed E-state index contributed by atoms with van der Waals surface area (Å²) in [5, 5.41) is 23.8. The van der Waals surface area contributed by atoms with Gasteiger partial charge in [0.2, 0.25) is 0 Å². The maximum Gasteiger partial charge on any atom is 0.164 e. The van der Waals surface area contributed by atoms with E-state index in [-0.39, 0.29) is 0 Å². The Morgan fingerprint density at radius 3 is 0.790 bits per heavy atom. The molecular weight excluding hydrogens is 761 g/mol. The zero-order chi connectivity index (χ0) is 41.8. The summed E-state index contributed by atoms with van der Waals surface area (Å²) < 4.78 is 0. The summed E-state index contributed by atoms with van der Waals surface area (Å²) in [7, 11) is 0. The van der Waals surface area contributed by atoms with Crippen molar-refractivity contribution in [2.45, 2.75) is 0 Å². The molecule has 0 N–H and O–H groups in total. The van der Waals surface area contributed by atoms with Crippen LogP contribution in [0.15, 0.2) is 194 Å². The Morgan fingerprint density at radius 2 is 0.500 bits per heavy atom. The minimum atomic E-state index is 0.406. The first-order chi connectivity index (χ1) is 30.7. The number of nitrogens with zero attached hydrogens (tertiary/aromatic N) is 8. The fraction of sp³-hybridized carbons (Fsp3) is 0. The van der Waals surface area contributed by atoms with E-state index >= 15 is 0 Å². The van der Waals surface area contributed by atoms with Crippen LogP contribution >= 0.6 is 0 Å². The van der Waals surface area contributed by atoms with Crippen molar-refractivity contribution >= 4 is 10.8 Å². The van der Waals surface area contributed by atoms with Crippen molar-refractivity contribution in [1.82, 2.24) is 29.9 Å². The lowest BCUT2D eigenvalue weighted by Gasteiger charge is -2.21. The Kier molecular flexibility index (Phi) is 9.83. The van der Waals surface area contributed by atoms with Gasteiger partial charge in [-0.15, -0.1) is 0 Å². The quantitative estimate of drug-likeness (QED) is 0.149. The molecule has 10 rings (SSSR count). The predicted octanol–water partition coefficient (Wildman–Crippen LogP) is 12.3. The van der Waals surface area contributed by atoms with Crippen LogP contribution in [0.2, 0.25) is 0 Å². The van der Waals surface area contributed by atoms with Gasteiger partial charge in [-0.3, -0.25) is 0 Å².